The number of rotatable bonds is 5. The molecule has 1 aliphatic rings. The zero-order valence-electron chi connectivity index (χ0n) is 10.7. The molecule has 1 atom stereocenters. The van der Waals surface area contributed by atoms with Gasteiger partial charge in [0.15, 0.2) is 0 Å². The summed E-state index contributed by atoms with van der Waals surface area (Å²) in [7, 11) is -3.65. The number of aromatic amines is 1. The Hall–Kier alpha value is -1.34. The third kappa shape index (κ3) is 3.16. The minimum Gasteiger partial charge on any atom is -0.477 e. The highest BCUT2D eigenvalue weighted by atomic mass is 32.2. The highest BCUT2D eigenvalue weighted by molar-refractivity contribution is 7.89. The second-order valence-electron chi connectivity index (χ2n) is 5.01. The van der Waals surface area contributed by atoms with Gasteiger partial charge in [0.2, 0.25) is 10.0 Å². The summed E-state index contributed by atoms with van der Waals surface area (Å²) < 4.78 is 26.8. The summed E-state index contributed by atoms with van der Waals surface area (Å²) in [6.07, 6.45) is 5.57. The molecule has 1 unspecified atom stereocenters. The molecule has 1 heterocycles. The Morgan fingerprint density at radius 1 is 1.47 bits per heavy atom. The number of carboxylic acid groups (broad SMARTS) is 1. The van der Waals surface area contributed by atoms with Gasteiger partial charge in [0.25, 0.3) is 0 Å². The van der Waals surface area contributed by atoms with Gasteiger partial charge in [-0.25, -0.2) is 17.9 Å². The van der Waals surface area contributed by atoms with E-state index in [4.69, 9.17) is 5.11 Å². The van der Waals surface area contributed by atoms with Crippen molar-refractivity contribution in [3.05, 3.63) is 18.0 Å². The number of carboxylic acids is 1. The predicted octanol–water partition coefficient (Wildman–Crippen LogP) is 1.57. The number of sulfonamides is 1. The molecule has 7 heteroatoms. The van der Waals surface area contributed by atoms with Crippen LogP contribution in [0.2, 0.25) is 0 Å². The third-order valence-corrected chi connectivity index (χ3v) is 5.18. The first-order valence-corrected chi connectivity index (χ1v) is 7.82. The van der Waals surface area contributed by atoms with Crippen LogP contribution >= 0.6 is 0 Å². The average molecular weight is 286 g/mol. The quantitative estimate of drug-likeness (QED) is 0.765. The Bertz CT molecular complexity index is 558. The molecule has 0 aromatic carbocycles. The summed E-state index contributed by atoms with van der Waals surface area (Å²) in [5.74, 6) is -0.807. The van der Waals surface area contributed by atoms with Crippen molar-refractivity contribution in [2.24, 2.45) is 5.92 Å². The third-order valence-electron chi connectivity index (χ3n) is 3.65. The number of aromatic carboxylic acids is 1. The van der Waals surface area contributed by atoms with Crippen LogP contribution in [0.4, 0.5) is 0 Å². The van der Waals surface area contributed by atoms with Crippen LogP contribution in [0.3, 0.4) is 0 Å². The highest BCUT2D eigenvalue weighted by Crippen LogP contribution is 2.28. The van der Waals surface area contributed by atoms with Gasteiger partial charge in [-0.05, 0) is 31.7 Å². The van der Waals surface area contributed by atoms with Crippen molar-refractivity contribution < 1.29 is 18.3 Å². The molecule has 1 aromatic rings. The summed E-state index contributed by atoms with van der Waals surface area (Å²) >= 11 is 0. The topological polar surface area (TPSA) is 99.3 Å². The number of nitrogens with one attached hydrogen (secondary N) is 2. The van der Waals surface area contributed by atoms with Crippen LogP contribution in [-0.2, 0) is 10.0 Å². The maximum atomic E-state index is 12.1. The molecule has 0 radical (unpaired) electrons. The van der Waals surface area contributed by atoms with Gasteiger partial charge < -0.3 is 10.1 Å². The summed E-state index contributed by atoms with van der Waals surface area (Å²) in [6, 6.07) is 1.00. The van der Waals surface area contributed by atoms with Gasteiger partial charge in [-0.3, -0.25) is 0 Å². The fourth-order valence-corrected chi connectivity index (χ4v) is 3.82. The van der Waals surface area contributed by atoms with Gasteiger partial charge >= 0.3 is 5.97 Å². The summed E-state index contributed by atoms with van der Waals surface area (Å²) in [5, 5.41) is 8.77. The average Bonchev–Trinajstić information content (AvgIpc) is 3.00. The molecule has 1 aliphatic carbocycles. The van der Waals surface area contributed by atoms with E-state index in [0.29, 0.717) is 5.92 Å². The lowest BCUT2D eigenvalue weighted by molar-refractivity contribution is 0.0691. The normalized spacial score (nSPS) is 18.6. The Labute approximate surface area is 112 Å². The van der Waals surface area contributed by atoms with E-state index < -0.39 is 16.0 Å². The first-order valence-electron chi connectivity index (χ1n) is 6.34. The minimum atomic E-state index is -3.65. The van der Waals surface area contributed by atoms with Gasteiger partial charge in [-0.2, -0.15) is 0 Å². The smallest absolute Gasteiger partial charge is 0.352 e. The van der Waals surface area contributed by atoms with E-state index >= 15 is 0 Å². The lowest BCUT2D eigenvalue weighted by atomic mass is 10.0. The maximum Gasteiger partial charge on any atom is 0.352 e. The molecule has 6 nitrogen and oxygen atoms in total. The molecule has 0 bridgehead atoms. The number of H-pyrrole nitrogens is 1. The number of hydrogen-bond acceptors (Lipinski definition) is 3. The van der Waals surface area contributed by atoms with Crippen molar-refractivity contribution in [3.8, 4) is 0 Å². The van der Waals surface area contributed by atoms with Crippen molar-refractivity contribution in [3.63, 3.8) is 0 Å². The highest BCUT2D eigenvalue weighted by Gasteiger charge is 2.27. The zero-order valence-corrected chi connectivity index (χ0v) is 11.5. The molecule has 0 aliphatic heterocycles. The van der Waals surface area contributed by atoms with Crippen molar-refractivity contribution in [1.29, 1.82) is 0 Å². The van der Waals surface area contributed by atoms with E-state index in [2.05, 4.69) is 9.71 Å². The van der Waals surface area contributed by atoms with Crippen LogP contribution in [0.1, 0.15) is 43.1 Å². The van der Waals surface area contributed by atoms with Gasteiger partial charge in [0.1, 0.15) is 10.6 Å². The first-order chi connectivity index (χ1) is 8.90. The Kier molecular flexibility index (Phi) is 3.96. The van der Waals surface area contributed by atoms with Crippen LogP contribution in [0.5, 0.6) is 0 Å². The van der Waals surface area contributed by atoms with Crippen molar-refractivity contribution in [2.75, 3.05) is 0 Å². The largest absolute Gasteiger partial charge is 0.477 e. The summed E-state index contributed by atoms with van der Waals surface area (Å²) in [6.45, 7) is 1.86. The van der Waals surface area contributed by atoms with Gasteiger partial charge in [0.05, 0.1) is 0 Å². The van der Waals surface area contributed by atoms with Crippen molar-refractivity contribution in [1.82, 2.24) is 9.71 Å². The predicted molar refractivity (Wildman–Crippen MR) is 69.5 cm³/mol. The van der Waals surface area contributed by atoms with Crippen LogP contribution < -0.4 is 4.72 Å². The van der Waals surface area contributed by atoms with Crippen molar-refractivity contribution >= 4 is 16.0 Å². The molecule has 19 heavy (non-hydrogen) atoms. The van der Waals surface area contributed by atoms with Gasteiger partial charge in [-0.15, -0.1) is 0 Å². The molecule has 0 saturated heterocycles. The molecular formula is C12H18N2O4S. The number of aromatic nitrogens is 1. The molecule has 106 valence electrons. The Balaban J connectivity index is 2.10. The second-order valence-corrected chi connectivity index (χ2v) is 6.72. The molecule has 0 spiro atoms. The molecule has 2 rings (SSSR count). The van der Waals surface area contributed by atoms with Gasteiger partial charge in [-0.1, -0.05) is 12.8 Å². The molecule has 0 amide bonds. The standard InChI is InChI=1S/C12H18N2O4S/c1-8(9-4-2-3-5-9)14-19(17,18)10-6-11(12(15)16)13-7-10/h6-9,13-14H,2-5H2,1H3,(H,15,16). The maximum absolute atomic E-state index is 12.1. The molecular weight excluding hydrogens is 268 g/mol. The van der Waals surface area contributed by atoms with Crippen LogP contribution in [0.25, 0.3) is 0 Å². The SMILES string of the molecule is CC(NS(=O)(=O)c1c[nH]c(C(=O)O)c1)C1CCCC1. The first kappa shape index (κ1) is 14.1. The lowest BCUT2D eigenvalue weighted by Crippen LogP contribution is -2.37. The summed E-state index contributed by atoms with van der Waals surface area (Å²) in [4.78, 5) is 13.1. The molecule has 1 fully saturated rings. The van der Waals surface area contributed by atoms with E-state index in [-0.39, 0.29) is 16.6 Å². The number of carbonyl (C=O) groups is 1. The van der Waals surface area contributed by atoms with Crippen LogP contribution in [-0.4, -0.2) is 30.5 Å². The van der Waals surface area contributed by atoms with Gasteiger partial charge in [0, 0.05) is 12.2 Å². The zero-order chi connectivity index (χ0) is 14.0. The Morgan fingerprint density at radius 3 is 2.63 bits per heavy atom. The monoisotopic (exact) mass is 286 g/mol. The van der Waals surface area contributed by atoms with E-state index in [9.17, 15) is 13.2 Å². The van der Waals surface area contributed by atoms with Crippen LogP contribution in [0, 0.1) is 5.92 Å². The van der Waals surface area contributed by atoms with E-state index in [0.717, 1.165) is 31.7 Å². The molecule has 1 aromatic heterocycles. The Morgan fingerprint density at radius 2 is 2.11 bits per heavy atom. The van der Waals surface area contributed by atoms with Crippen LogP contribution in [0.15, 0.2) is 17.2 Å². The molecule has 3 N–H and O–H groups in total. The van der Waals surface area contributed by atoms with E-state index in [1.165, 1.54) is 6.20 Å². The fourth-order valence-electron chi connectivity index (χ4n) is 2.52. The minimum absolute atomic E-state index is 0.0326. The van der Waals surface area contributed by atoms with E-state index in [1.807, 2.05) is 6.92 Å². The second kappa shape index (κ2) is 5.34. The molecule has 1 saturated carbocycles. The van der Waals surface area contributed by atoms with Crippen molar-refractivity contribution in [2.45, 2.75) is 43.5 Å². The number of hydrogen-bond donors (Lipinski definition) is 3. The fraction of sp³-hybridized carbons (Fsp3) is 0.583. The summed E-state index contributed by atoms with van der Waals surface area (Å²) in [5.41, 5.74) is -0.131. The lowest BCUT2D eigenvalue weighted by Gasteiger charge is -2.19. The van der Waals surface area contributed by atoms with E-state index in [1.54, 1.807) is 0 Å².